The summed E-state index contributed by atoms with van der Waals surface area (Å²) in [6, 6.07) is 0. The Bertz CT molecular complexity index is 1950. The van der Waals surface area contributed by atoms with Crippen LogP contribution in [0.25, 0.3) is 22.3 Å². The number of phosphoric ester groups is 1. The first-order chi connectivity index (χ1) is 21.3. The number of nitrogens with zero attached hydrogens (tertiary/aromatic N) is 7. The Balaban J connectivity index is 1.21. The Morgan fingerprint density at radius 3 is 2.42 bits per heavy atom. The number of imidazole rings is 2. The minimum Gasteiger partial charge on any atom is -0.387 e. The lowest BCUT2D eigenvalue weighted by Crippen LogP contribution is -2.35. The van der Waals surface area contributed by atoms with Crippen molar-refractivity contribution in [3.05, 3.63) is 29.3 Å². The van der Waals surface area contributed by atoms with Gasteiger partial charge in [-0.05, 0) is 0 Å². The van der Waals surface area contributed by atoms with Gasteiger partial charge in [-0.15, -0.1) is 0 Å². The summed E-state index contributed by atoms with van der Waals surface area (Å²) in [6.07, 6.45) is -9.63. The van der Waals surface area contributed by atoms with Crippen LogP contribution in [0.1, 0.15) is 12.5 Å². The second-order valence-electron chi connectivity index (χ2n) is 10.1. The fourth-order valence-corrected chi connectivity index (χ4v) is 7.68. The predicted octanol–water partition coefficient (Wildman–Crippen LogP) is -0.427. The number of nitrogens with two attached hydrogens (primary N) is 2. The molecule has 4 aromatic heterocycles. The molecule has 0 spiro atoms. The van der Waals surface area contributed by atoms with Crippen LogP contribution < -0.4 is 17.0 Å². The number of fused-ring (bicyclic) bond motifs is 5. The van der Waals surface area contributed by atoms with E-state index in [9.17, 15) is 23.9 Å². The minimum atomic E-state index is -5.10. The van der Waals surface area contributed by atoms with Crippen molar-refractivity contribution in [2.24, 2.45) is 0 Å². The Morgan fingerprint density at radius 2 is 1.64 bits per heavy atom. The summed E-state index contributed by atoms with van der Waals surface area (Å²) in [5.41, 5.74) is 10.8. The van der Waals surface area contributed by atoms with E-state index in [4.69, 9.17) is 39.0 Å². The van der Waals surface area contributed by atoms with Gasteiger partial charge in [0.1, 0.15) is 42.4 Å². The van der Waals surface area contributed by atoms with E-state index >= 15 is 4.39 Å². The maximum atomic E-state index is 15.9. The van der Waals surface area contributed by atoms with E-state index in [0.717, 1.165) is 12.7 Å². The number of aromatic nitrogens is 8. The number of alkyl halides is 1. The molecular weight excluding hydrogens is 669 g/mol. The van der Waals surface area contributed by atoms with Gasteiger partial charge in [-0.3, -0.25) is 37.0 Å². The van der Waals surface area contributed by atoms with Crippen molar-refractivity contribution in [1.29, 1.82) is 0 Å². The molecule has 242 valence electrons. The molecule has 4 aromatic rings. The average Bonchev–Trinajstić information content (AvgIpc) is 3.72. The molecule has 3 fully saturated rings. The maximum Gasteiger partial charge on any atom is 0.472 e. The van der Waals surface area contributed by atoms with Gasteiger partial charge in [0.15, 0.2) is 41.3 Å². The number of phosphoric acid groups is 1. The second-order valence-corrected chi connectivity index (χ2v) is 14.4. The van der Waals surface area contributed by atoms with Crippen LogP contribution in [-0.2, 0) is 36.7 Å². The first-order valence-electron chi connectivity index (χ1n) is 12.9. The molecule has 3 saturated heterocycles. The number of rotatable bonds is 2. The molecule has 0 aliphatic carbocycles. The van der Waals surface area contributed by atoms with Crippen LogP contribution in [0.15, 0.2) is 23.8 Å². The lowest BCUT2D eigenvalue weighted by Gasteiger charge is -2.26. The van der Waals surface area contributed by atoms with Crippen molar-refractivity contribution < 1.29 is 51.1 Å². The smallest absolute Gasteiger partial charge is 0.387 e. The molecule has 2 bridgehead atoms. The zero-order valence-electron chi connectivity index (χ0n) is 22.3. The number of nitrogens with one attached hydrogen (secondary N) is 1. The highest BCUT2D eigenvalue weighted by Crippen LogP contribution is 2.58. The number of aliphatic hydroxyl groups is 1. The number of hydrogen-bond acceptors (Lipinski definition) is 17. The number of ether oxygens (including phenoxy) is 2. The van der Waals surface area contributed by atoms with E-state index in [2.05, 4.69) is 42.2 Å². The van der Waals surface area contributed by atoms with Crippen molar-refractivity contribution in [1.82, 2.24) is 39.0 Å². The number of aliphatic hydroxyl groups excluding tert-OH is 1. The second kappa shape index (κ2) is 11.0. The van der Waals surface area contributed by atoms with Gasteiger partial charge in [-0.2, -0.15) is 4.98 Å². The summed E-state index contributed by atoms with van der Waals surface area (Å²) in [4.78, 5) is 45.1. The molecule has 25 heteroatoms. The van der Waals surface area contributed by atoms with Gasteiger partial charge in [0.25, 0.3) is 5.56 Å². The lowest BCUT2D eigenvalue weighted by molar-refractivity contribution is -0.0619. The largest absolute Gasteiger partial charge is 0.472 e. The first kappa shape index (κ1) is 30.6. The van der Waals surface area contributed by atoms with Crippen LogP contribution in [-0.4, -0.2) is 98.9 Å². The van der Waals surface area contributed by atoms with Crippen molar-refractivity contribution >= 4 is 61.0 Å². The Labute approximate surface area is 254 Å². The Kier molecular flexibility index (Phi) is 7.49. The van der Waals surface area contributed by atoms with E-state index in [1.165, 1.54) is 15.5 Å². The van der Waals surface area contributed by atoms with Crippen LogP contribution in [0.5, 0.6) is 0 Å². The quantitative estimate of drug-likeness (QED) is 0.115. The molecule has 0 saturated carbocycles. The van der Waals surface area contributed by atoms with Crippen molar-refractivity contribution in [2.45, 2.75) is 49.1 Å². The third kappa shape index (κ3) is 5.42. The van der Waals surface area contributed by atoms with Gasteiger partial charge in [0, 0.05) is 0 Å². The summed E-state index contributed by atoms with van der Waals surface area (Å²) in [6.45, 7) is -6.00. The fraction of sp³-hybridized carbons (Fsp3) is 0.500. The predicted molar refractivity (Wildman–Crippen MR) is 149 cm³/mol. The number of nitrogen functional groups attached to an aromatic ring is 2. The zero-order valence-corrected chi connectivity index (χ0v) is 25.0. The van der Waals surface area contributed by atoms with Crippen molar-refractivity contribution in [3.63, 3.8) is 0 Å². The molecule has 45 heavy (non-hydrogen) atoms. The molecule has 7 heterocycles. The number of anilines is 2. The molecular formula is C20H23FN10O11P2S. The summed E-state index contributed by atoms with van der Waals surface area (Å²) in [5.74, 6) is -0.244. The Hall–Kier alpha value is -3.08. The molecule has 0 aromatic carbocycles. The van der Waals surface area contributed by atoms with Gasteiger partial charge in [0.2, 0.25) is 5.95 Å². The molecule has 10 atom stereocenters. The maximum absolute atomic E-state index is 15.9. The average molecular weight is 692 g/mol. The van der Waals surface area contributed by atoms with Crippen LogP contribution in [0.2, 0.25) is 0 Å². The number of halogens is 1. The van der Waals surface area contributed by atoms with Gasteiger partial charge in [-0.25, -0.2) is 33.5 Å². The molecule has 5 unspecified atom stereocenters. The minimum absolute atomic E-state index is 0.0165. The SMILES string of the molecule is Nc1nc2c(ncn2[C@@H]2O[C@@H]3COP(=O)(O)OC4C(F)[C@H](n5cnc6c(N)ncnc65)O[C@@H]4CO[P@](=O)(S)OC2C3O)c(=O)[nH]1. The molecule has 21 nitrogen and oxygen atoms in total. The van der Waals surface area contributed by atoms with E-state index in [1.807, 2.05) is 0 Å². The van der Waals surface area contributed by atoms with Crippen LogP contribution in [0.4, 0.5) is 16.2 Å². The molecule has 0 amide bonds. The van der Waals surface area contributed by atoms with Gasteiger partial charge in [-0.1, -0.05) is 12.2 Å². The number of aromatic amines is 1. The zero-order chi connectivity index (χ0) is 31.8. The normalized spacial score (nSPS) is 37.7. The summed E-state index contributed by atoms with van der Waals surface area (Å²) < 4.78 is 77.6. The van der Waals surface area contributed by atoms with E-state index in [1.54, 1.807) is 0 Å². The third-order valence-corrected chi connectivity index (χ3v) is 9.88. The van der Waals surface area contributed by atoms with Gasteiger partial charge in [0.05, 0.1) is 25.9 Å². The van der Waals surface area contributed by atoms with E-state index in [-0.39, 0.29) is 34.1 Å². The lowest BCUT2D eigenvalue weighted by atomic mass is 10.1. The summed E-state index contributed by atoms with van der Waals surface area (Å²) in [5, 5.41) is 11.1. The topological polar surface area (TPSA) is 289 Å². The van der Waals surface area contributed by atoms with Crippen molar-refractivity contribution in [2.75, 3.05) is 24.7 Å². The van der Waals surface area contributed by atoms with Gasteiger partial charge < -0.3 is 30.9 Å². The fourth-order valence-electron chi connectivity index (χ4n) is 5.26. The first-order valence-corrected chi connectivity index (χ1v) is 17.1. The van der Waals surface area contributed by atoms with Crippen LogP contribution in [0, 0.1) is 0 Å². The van der Waals surface area contributed by atoms with Crippen LogP contribution in [0.3, 0.4) is 0 Å². The molecule has 3 aliphatic rings. The number of thiol groups is 1. The monoisotopic (exact) mass is 692 g/mol. The molecule has 3 aliphatic heterocycles. The Morgan fingerprint density at radius 1 is 0.956 bits per heavy atom. The summed E-state index contributed by atoms with van der Waals surface area (Å²) in [7, 11) is -5.10. The molecule has 0 radical (unpaired) electrons. The highest BCUT2D eigenvalue weighted by Gasteiger charge is 2.54. The summed E-state index contributed by atoms with van der Waals surface area (Å²) >= 11 is 4.01. The van der Waals surface area contributed by atoms with E-state index in [0.29, 0.717) is 0 Å². The number of H-pyrrole nitrogens is 1. The highest BCUT2D eigenvalue weighted by atomic mass is 32.7. The molecule has 7 rings (SSSR count). The third-order valence-electron chi connectivity index (χ3n) is 7.28. The van der Waals surface area contributed by atoms with Crippen molar-refractivity contribution in [3.8, 4) is 0 Å². The molecule has 7 N–H and O–H groups in total. The van der Waals surface area contributed by atoms with E-state index < -0.39 is 82.5 Å². The van der Waals surface area contributed by atoms with Gasteiger partial charge >= 0.3 is 14.6 Å². The standard InChI is InChI=1S/C20H23FN10O11P2S/c21-8-12-7(40-18(8)30-4-26-9-14(22)24-3-25-15(9)30)2-38-44(36,45)42-13-11(32)6(1-37-43(34,35)41-12)39-19(13)31-5-27-10-16(31)28-20(23)29-17(10)33/h3-8,11-13,18-19,32H,1-2H2,(H,34,35)(H,36,45)(H2,22,24,25)(H3,23,28,29,33)/t6-,7-,8?,11?,12?,13?,18-,19-,44+/m1/s1. The number of hydrogen-bond donors (Lipinski definition) is 6. The van der Waals surface area contributed by atoms with Crippen LogP contribution >= 0.6 is 26.9 Å². The highest BCUT2D eigenvalue weighted by molar-refractivity contribution is 8.44.